The number of methoxy groups -OCH3 is 2. The van der Waals surface area contributed by atoms with E-state index in [0.717, 1.165) is 32.4 Å². The highest BCUT2D eigenvalue weighted by Gasteiger charge is 2.20. The van der Waals surface area contributed by atoms with Crippen LogP contribution in [0.1, 0.15) is 29.6 Å². The van der Waals surface area contributed by atoms with Gasteiger partial charge in [-0.15, -0.1) is 0 Å². The van der Waals surface area contributed by atoms with Gasteiger partial charge in [0.1, 0.15) is 0 Å². The van der Waals surface area contributed by atoms with Crippen molar-refractivity contribution in [2.75, 3.05) is 27.3 Å². The zero-order valence-electron chi connectivity index (χ0n) is 12.1. The van der Waals surface area contributed by atoms with Crippen molar-refractivity contribution in [2.45, 2.75) is 25.3 Å². The Morgan fingerprint density at radius 2 is 2.10 bits per heavy atom. The van der Waals surface area contributed by atoms with Crippen molar-refractivity contribution in [3.05, 3.63) is 23.8 Å². The summed E-state index contributed by atoms with van der Waals surface area (Å²) in [6, 6.07) is 5.55. The summed E-state index contributed by atoms with van der Waals surface area (Å²) in [7, 11) is 3.11. The number of ether oxygens (including phenoxy) is 2. The van der Waals surface area contributed by atoms with Gasteiger partial charge in [-0.25, -0.2) is 0 Å². The van der Waals surface area contributed by atoms with Crippen LogP contribution in [0.25, 0.3) is 0 Å². The molecule has 0 radical (unpaired) electrons. The number of hydrogen-bond acceptors (Lipinski definition) is 4. The highest BCUT2D eigenvalue weighted by molar-refractivity contribution is 5.98. The van der Waals surface area contributed by atoms with E-state index in [-0.39, 0.29) is 11.9 Å². The Bertz CT molecular complexity index is 454. The van der Waals surface area contributed by atoms with Gasteiger partial charge in [0, 0.05) is 6.04 Å². The molecule has 20 heavy (non-hydrogen) atoms. The van der Waals surface area contributed by atoms with Gasteiger partial charge < -0.3 is 20.1 Å². The monoisotopic (exact) mass is 278 g/mol. The van der Waals surface area contributed by atoms with Gasteiger partial charge in [-0.3, -0.25) is 4.79 Å². The second kappa shape index (κ2) is 7.14. The summed E-state index contributed by atoms with van der Waals surface area (Å²) < 4.78 is 10.5. The molecule has 5 heteroatoms. The first kappa shape index (κ1) is 14.7. The Morgan fingerprint density at radius 3 is 2.85 bits per heavy atom. The topological polar surface area (TPSA) is 59.6 Å². The highest BCUT2D eigenvalue weighted by Crippen LogP contribution is 2.30. The average molecular weight is 278 g/mol. The van der Waals surface area contributed by atoms with Crippen LogP contribution in [0.15, 0.2) is 18.2 Å². The molecule has 2 N–H and O–H groups in total. The molecule has 0 aromatic heterocycles. The molecule has 1 amide bonds. The molecular weight excluding hydrogens is 256 g/mol. The van der Waals surface area contributed by atoms with Gasteiger partial charge in [0.25, 0.3) is 5.91 Å². The fourth-order valence-corrected chi connectivity index (χ4v) is 2.49. The van der Waals surface area contributed by atoms with Gasteiger partial charge in [0.2, 0.25) is 0 Å². The quantitative estimate of drug-likeness (QED) is 0.878. The van der Waals surface area contributed by atoms with Crippen LogP contribution in [0.5, 0.6) is 11.5 Å². The summed E-state index contributed by atoms with van der Waals surface area (Å²) in [6.45, 7) is 1.97. The summed E-state index contributed by atoms with van der Waals surface area (Å²) >= 11 is 0. The fourth-order valence-electron chi connectivity index (χ4n) is 2.49. The Kier molecular flexibility index (Phi) is 5.24. The van der Waals surface area contributed by atoms with E-state index < -0.39 is 0 Å². The van der Waals surface area contributed by atoms with Crippen molar-refractivity contribution in [3.8, 4) is 11.5 Å². The number of benzene rings is 1. The molecule has 1 aromatic carbocycles. The molecule has 5 nitrogen and oxygen atoms in total. The highest BCUT2D eigenvalue weighted by atomic mass is 16.5. The van der Waals surface area contributed by atoms with Crippen molar-refractivity contribution >= 4 is 5.91 Å². The number of amides is 1. The van der Waals surface area contributed by atoms with Crippen LogP contribution in [0.2, 0.25) is 0 Å². The largest absolute Gasteiger partial charge is 0.493 e. The van der Waals surface area contributed by atoms with Gasteiger partial charge in [0.05, 0.1) is 19.8 Å². The van der Waals surface area contributed by atoms with Crippen molar-refractivity contribution in [1.29, 1.82) is 0 Å². The molecule has 1 aliphatic heterocycles. The first-order chi connectivity index (χ1) is 9.76. The molecule has 1 aliphatic rings. The second-order valence-electron chi connectivity index (χ2n) is 4.89. The first-order valence-electron chi connectivity index (χ1n) is 6.99. The summed E-state index contributed by atoms with van der Waals surface area (Å²) in [5.41, 5.74) is 0.518. The SMILES string of the molecule is COc1cccc(C(=O)NC2CCCNCC2)c1OC. The predicted octanol–water partition coefficient (Wildman–Crippen LogP) is 1.58. The smallest absolute Gasteiger partial charge is 0.255 e. The summed E-state index contributed by atoms with van der Waals surface area (Å²) in [5, 5.41) is 6.42. The van der Waals surface area contributed by atoms with Crippen LogP contribution in [0.4, 0.5) is 0 Å². The van der Waals surface area contributed by atoms with E-state index in [1.807, 2.05) is 0 Å². The third-order valence-corrected chi connectivity index (χ3v) is 3.56. The van der Waals surface area contributed by atoms with Crippen molar-refractivity contribution in [2.24, 2.45) is 0 Å². The fraction of sp³-hybridized carbons (Fsp3) is 0.533. The maximum Gasteiger partial charge on any atom is 0.255 e. The Hall–Kier alpha value is -1.75. The van der Waals surface area contributed by atoms with Crippen LogP contribution >= 0.6 is 0 Å². The predicted molar refractivity (Wildman–Crippen MR) is 77.5 cm³/mol. The second-order valence-corrected chi connectivity index (χ2v) is 4.89. The van der Waals surface area contributed by atoms with Crippen LogP contribution in [-0.4, -0.2) is 39.3 Å². The minimum absolute atomic E-state index is 0.104. The van der Waals surface area contributed by atoms with Gasteiger partial charge in [-0.1, -0.05) is 6.07 Å². The van der Waals surface area contributed by atoms with Gasteiger partial charge in [0.15, 0.2) is 11.5 Å². The minimum Gasteiger partial charge on any atom is -0.493 e. The minimum atomic E-state index is -0.104. The zero-order chi connectivity index (χ0) is 14.4. The summed E-state index contributed by atoms with van der Waals surface area (Å²) in [5.74, 6) is 0.953. The van der Waals surface area contributed by atoms with Crippen LogP contribution in [0.3, 0.4) is 0 Å². The molecule has 0 saturated carbocycles. The molecule has 1 fully saturated rings. The molecule has 1 aromatic rings. The number of nitrogens with one attached hydrogen (secondary N) is 2. The lowest BCUT2D eigenvalue weighted by molar-refractivity contribution is 0.0930. The van der Waals surface area contributed by atoms with E-state index in [2.05, 4.69) is 10.6 Å². The number of carbonyl (C=O) groups is 1. The Labute approximate surface area is 119 Å². The van der Waals surface area contributed by atoms with Gasteiger partial charge in [-0.2, -0.15) is 0 Å². The third-order valence-electron chi connectivity index (χ3n) is 3.56. The van der Waals surface area contributed by atoms with E-state index in [9.17, 15) is 4.79 Å². The van der Waals surface area contributed by atoms with Crippen molar-refractivity contribution < 1.29 is 14.3 Å². The Balaban J connectivity index is 2.12. The molecule has 0 aliphatic carbocycles. The van der Waals surface area contributed by atoms with Crippen molar-refractivity contribution in [3.63, 3.8) is 0 Å². The number of carbonyl (C=O) groups excluding carboxylic acids is 1. The maximum atomic E-state index is 12.4. The third kappa shape index (κ3) is 3.42. The van der Waals surface area contributed by atoms with Crippen LogP contribution in [0, 0.1) is 0 Å². The summed E-state index contributed by atoms with van der Waals surface area (Å²) in [6.07, 6.45) is 3.04. The number of rotatable bonds is 4. The molecule has 0 bridgehead atoms. The number of hydrogen-bond donors (Lipinski definition) is 2. The lowest BCUT2D eigenvalue weighted by Gasteiger charge is -2.18. The zero-order valence-corrected chi connectivity index (χ0v) is 12.1. The van der Waals surface area contributed by atoms with E-state index in [1.165, 1.54) is 0 Å². The standard InChI is InChI=1S/C15H22N2O3/c1-19-13-7-3-6-12(14(13)20-2)15(18)17-11-5-4-9-16-10-8-11/h3,6-7,11,16H,4-5,8-10H2,1-2H3,(H,17,18). The molecule has 1 unspecified atom stereocenters. The van der Waals surface area contributed by atoms with Gasteiger partial charge in [-0.05, 0) is 44.5 Å². The number of para-hydroxylation sites is 1. The molecule has 1 saturated heterocycles. The maximum absolute atomic E-state index is 12.4. The molecular formula is C15H22N2O3. The Morgan fingerprint density at radius 1 is 1.25 bits per heavy atom. The van der Waals surface area contributed by atoms with E-state index in [1.54, 1.807) is 32.4 Å². The lowest BCUT2D eigenvalue weighted by atomic mass is 10.1. The lowest BCUT2D eigenvalue weighted by Crippen LogP contribution is -2.35. The molecule has 1 atom stereocenters. The van der Waals surface area contributed by atoms with E-state index >= 15 is 0 Å². The molecule has 0 spiro atoms. The molecule has 2 rings (SSSR count). The normalized spacial score (nSPS) is 19.0. The van der Waals surface area contributed by atoms with E-state index in [4.69, 9.17) is 9.47 Å². The summed E-state index contributed by atoms with van der Waals surface area (Å²) in [4.78, 5) is 12.4. The van der Waals surface area contributed by atoms with Gasteiger partial charge >= 0.3 is 0 Å². The molecule has 1 heterocycles. The van der Waals surface area contributed by atoms with Crippen LogP contribution < -0.4 is 20.1 Å². The average Bonchev–Trinajstić information content (AvgIpc) is 2.74. The van der Waals surface area contributed by atoms with Crippen LogP contribution in [-0.2, 0) is 0 Å². The first-order valence-corrected chi connectivity index (χ1v) is 6.99. The van der Waals surface area contributed by atoms with Crippen molar-refractivity contribution in [1.82, 2.24) is 10.6 Å². The van der Waals surface area contributed by atoms with E-state index in [0.29, 0.717) is 17.1 Å². The molecule has 110 valence electrons.